The van der Waals surface area contributed by atoms with E-state index in [4.69, 9.17) is 5.11 Å². The minimum absolute atomic E-state index is 0.0556. The Kier molecular flexibility index (Phi) is 9.36. The van der Waals surface area contributed by atoms with Gasteiger partial charge >= 0.3 is 0 Å². The molecule has 0 aromatic rings. The summed E-state index contributed by atoms with van der Waals surface area (Å²) in [5.41, 5.74) is 0. The lowest BCUT2D eigenvalue weighted by atomic mass is 10.0. The van der Waals surface area contributed by atoms with Crippen molar-refractivity contribution >= 4 is 12.2 Å². The Hall–Kier alpha value is -1.32. The number of aliphatic hydroxyl groups excluding tert-OH is 2. The summed E-state index contributed by atoms with van der Waals surface area (Å²) in [6.07, 6.45) is 4.49. The van der Waals surface area contributed by atoms with Gasteiger partial charge in [-0.25, -0.2) is 14.6 Å². The minimum Gasteiger partial charge on any atom is -0.396 e. The first kappa shape index (κ1) is 14.7. The maximum absolute atomic E-state index is 10.1. The molecular formula is C10H16N2O4. The topological polar surface area (TPSA) is 99.3 Å². The van der Waals surface area contributed by atoms with Gasteiger partial charge in [0.05, 0.1) is 12.6 Å². The van der Waals surface area contributed by atoms with Gasteiger partial charge in [0.15, 0.2) is 0 Å². The average molecular weight is 228 g/mol. The highest BCUT2D eigenvalue weighted by Crippen LogP contribution is 2.09. The van der Waals surface area contributed by atoms with E-state index in [0.29, 0.717) is 12.8 Å². The molecule has 0 aromatic carbocycles. The van der Waals surface area contributed by atoms with Crippen molar-refractivity contribution in [1.29, 1.82) is 0 Å². The Labute approximate surface area is 93.7 Å². The number of hydrogen-bond donors (Lipinski definition) is 2. The van der Waals surface area contributed by atoms with Gasteiger partial charge < -0.3 is 10.2 Å². The van der Waals surface area contributed by atoms with Gasteiger partial charge in [-0.05, 0) is 12.8 Å². The predicted molar refractivity (Wildman–Crippen MR) is 56.5 cm³/mol. The molecule has 90 valence electrons. The van der Waals surface area contributed by atoms with E-state index in [-0.39, 0.29) is 13.2 Å². The molecule has 0 saturated heterocycles. The lowest BCUT2D eigenvalue weighted by Gasteiger charge is -2.14. The van der Waals surface area contributed by atoms with Crippen molar-refractivity contribution in [3.63, 3.8) is 0 Å². The molecule has 0 fully saturated rings. The molecule has 0 spiro atoms. The van der Waals surface area contributed by atoms with Crippen LogP contribution in [0.25, 0.3) is 0 Å². The molecule has 0 aliphatic carbocycles. The summed E-state index contributed by atoms with van der Waals surface area (Å²) in [5.74, 6) is 0. The van der Waals surface area contributed by atoms with E-state index < -0.39 is 12.1 Å². The standard InChI is InChI=1S/C10H16N2O4/c13-5-3-1-2-4-10(16)9(12-8-15)6-11-7-14/h9-10,13,16H,1-6H2. The quantitative estimate of drug-likeness (QED) is 0.328. The molecule has 0 radical (unpaired) electrons. The Morgan fingerprint density at radius 2 is 1.88 bits per heavy atom. The number of isocyanates is 2. The summed E-state index contributed by atoms with van der Waals surface area (Å²) in [6.45, 7) is 0.0708. The number of aliphatic imine (C=N–C) groups is 2. The van der Waals surface area contributed by atoms with Gasteiger partial charge in [0.1, 0.15) is 6.04 Å². The van der Waals surface area contributed by atoms with E-state index in [1.165, 1.54) is 12.2 Å². The van der Waals surface area contributed by atoms with Gasteiger partial charge in [0.25, 0.3) is 0 Å². The average Bonchev–Trinajstić information content (AvgIpc) is 2.29. The molecule has 2 unspecified atom stereocenters. The fraction of sp³-hybridized carbons (Fsp3) is 0.800. The van der Waals surface area contributed by atoms with Crippen LogP contribution >= 0.6 is 0 Å². The molecule has 2 N–H and O–H groups in total. The van der Waals surface area contributed by atoms with Gasteiger partial charge in [-0.2, -0.15) is 4.99 Å². The molecule has 0 bridgehead atoms. The number of rotatable bonds is 9. The largest absolute Gasteiger partial charge is 0.396 e. The molecule has 6 nitrogen and oxygen atoms in total. The second-order valence-corrected chi connectivity index (χ2v) is 3.36. The first-order valence-corrected chi connectivity index (χ1v) is 5.15. The van der Waals surface area contributed by atoms with Gasteiger partial charge in [0, 0.05) is 6.61 Å². The third-order valence-corrected chi connectivity index (χ3v) is 2.16. The monoisotopic (exact) mass is 228 g/mol. The summed E-state index contributed by atoms with van der Waals surface area (Å²) in [5, 5.41) is 18.2. The highest BCUT2D eigenvalue weighted by Gasteiger charge is 2.17. The number of carbonyl (C=O) groups excluding carboxylic acids is 2. The molecule has 0 amide bonds. The van der Waals surface area contributed by atoms with Crippen molar-refractivity contribution < 1.29 is 19.8 Å². The Balaban J connectivity index is 4.00. The van der Waals surface area contributed by atoms with E-state index in [2.05, 4.69) is 9.98 Å². The second-order valence-electron chi connectivity index (χ2n) is 3.36. The van der Waals surface area contributed by atoms with Crippen LogP contribution in [0.5, 0.6) is 0 Å². The third-order valence-electron chi connectivity index (χ3n) is 2.16. The van der Waals surface area contributed by atoms with Crippen molar-refractivity contribution in [2.45, 2.75) is 37.8 Å². The molecule has 2 atom stereocenters. The third kappa shape index (κ3) is 7.04. The number of hydrogen-bond acceptors (Lipinski definition) is 6. The zero-order valence-corrected chi connectivity index (χ0v) is 9.00. The highest BCUT2D eigenvalue weighted by molar-refractivity contribution is 5.35. The first-order valence-electron chi connectivity index (χ1n) is 5.15. The second kappa shape index (κ2) is 10.2. The predicted octanol–water partition coefficient (Wildman–Crippen LogP) is -0.0598. The lowest BCUT2D eigenvalue weighted by Crippen LogP contribution is -2.27. The van der Waals surface area contributed by atoms with Crippen molar-refractivity contribution in [3.05, 3.63) is 0 Å². The van der Waals surface area contributed by atoms with Crippen LogP contribution in [0.4, 0.5) is 0 Å². The zero-order valence-electron chi connectivity index (χ0n) is 9.00. The molecule has 6 heteroatoms. The zero-order chi connectivity index (χ0) is 12.2. The van der Waals surface area contributed by atoms with Crippen LogP contribution in [0.1, 0.15) is 25.7 Å². The smallest absolute Gasteiger partial charge is 0.235 e. The van der Waals surface area contributed by atoms with E-state index >= 15 is 0 Å². The molecule has 0 rings (SSSR count). The van der Waals surface area contributed by atoms with Gasteiger partial charge in [0.2, 0.25) is 12.2 Å². The Bertz CT molecular complexity index is 270. The van der Waals surface area contributed by atoms with Crippen LogP contribution < -0.4 is 0 Å². The van der Waals surface area contributed by atoms with Crippen LogP contribution in [-0.2, 0) is 9.59 Å². The van der Waals surface area contributed by atoms with E-state index in [9.17, 15) is 14.7 Å². The summed E-state index contributed by atoms with van der Waals surface area (Å²) in [4.78, 5) is 26.6. The molecule has 0 aliphatic rings. The van der Waals surface area contributed by atoms with Crippen LogP contribution in [0.3, 0.4) is 0 Å². The SMILES string of the molecule is O=C=NCC(N=C=O)C(O)CCCCCO. The molecule has 0 aromatic heterocycles. The normalized spacial score (nSPS) is 13.4. The molecule has 16 heavy (non-hydrogen) atoms. The summed E-state index contributed by atoms with van der Waals surface area (Å²) in [7, 11) is 0. The van der Waals surface area contributed by atoms with Gasteiger partial charge in [-0.3, -0.25) is 0 Å². The number of nitrogens with zero attached hydrogens (tertiary/aromatic N) is 2. The maximum atomic E-state index is 10.1. The minimum atomic E-state index is -0.822. The van der Waals surface area contributed by atoms with Crippen molar-refractivity contribution in [3.8, 4) is 0 Å². The van der Waals surface area contributed by atoms with Crippen molar-refractivity contribution in [2.24, 2.45) is 9.98 Å². The van der Waals surface area contributed by atoms with Gasteiger partial charge in [-0.1, -0.05) is 12.8 Å². The highest BCUT2D eigenvalue weighted by atomic mass is 16.3. The maximum Gasteiger partial charge on any atom is 0.235 e. The summed E-state index contributed by atoms with van der Waals surface area (Å²) < 4.78 is 0. The fourth-order valence-corrected chi connectivity index (χ4v) is 1.28. The number of unbranched alkanes of at least 4 members (excludes halogenated alkanes) is 2. The van der Waals surface area contributed by atoms with Gasteiger partial charge in [-0.15, -0.1) is 0 Å². The van der Waals surface area contributed by atoms with E-state index in [1.54, 1.807) is 0 Å². The number of aliphatic hydroxyl groups is 2. The molecular weight excluding hydrogens is 212 g/mol. The van der Waals surface area contributed by atoms with Crippen molar-refractivity contribution in [2.75, 3.05) is 13.2 Å². The molecule has 0 heterocycles. The van der Waals surface area contributed by atoms with E-state index in [0.717, 1.165) is 12.8 Å². The molecule has 0 aliphatic heterocycles. The van der Waals surface area contributed by atoms with Crippen LogP contribution in [0, 0.1) is 0 Å². The summed E-state index contributed by atoms with van der Waals surface area (Å²) in [6, 6.07) is -0.729. The van der Waals surface area contributed by atoms with Crippen LogP contribution in [0.15, 0.2) is 9.98 Å². The molecule has 0 saturated carbocycles. The van der Waals surface area contributed by atoms with Crippen molar-refractivity contribution in [1.82, 2.24) is 0 Å². The Morgan fingerprint density at radius 3 is 2.44 bits per heavy atom. The fourth-order valence-electron chi connectivity index (χ4n) is 1.28. The lowest BCUT2D eigenvalue weighted by molar-refractivity contribution is 0.134. The first-order chi connectivity index (χ1) is 7.76. The van der Waals surface area contributed by atoms with Crippen LogP contribution in [-0.4, -0.2) is 47.7 Å². The summed E-state index contributed by atoms with van der Waals surface area (Å²) >= 11 is 0. The van der Waals surface area contributed by atoms with Crippen LogP contribution in [0.2, 0.25) is 0 Å². The van der Waals surface area contributed by atoms with E-state index in [1.807, 2.05) is 0 Å². The Morgan fingerprint density at radius 1 is 1.12 bits per heavy atom.